The largest absolute Gasteiger partial charge is 0.371 e. The van der Waals surface area contributed by atoms with Crippen molar-refractivity contribution in [3.63, 3.8) is 0 Å². The van der Waals surface area contributed by atoms with E-state index in [9.17, 15) is 4.79 Å². The number of Topliss-reactive ketones (excluding diaryl/α,β-unsaturated/α-hetero) is 1. The minimum atomic E-state index is -0.00853. The summed E-state index contributed by atoms with van der Waals surface area (Å²) in [5, 5.41) is 3.42. The number of hydrogen-bond acceptors (Lipinski definition) is 5. The molecule has 1 aromatic heterocycles. The van der Waals surface area contributed by atoms with Crippen LogP contribution in [0.1, 0.15) is 54.2 Å². The first-order valence-electron chi connectivity index (χ1n) is 8.90. The van der Waals surface area contributed by atoms with E-state index in [2.05, 4.69) is 27.4 Å². The van der Waals surface area contributed by atoms with Crippen LogP contribution in [0.15, 0.2) is 36.5 Å². The van der Waals surface area contributed by atoms with E-state index in [-0.39, 0.29) is 17.9 Å². The van der Waals surface area contributed by atoms with Crippen molar-refractivity contribution in [2.75, 3.05) is 5.32 Å². The van der Waals surface area contributed by atoms with Crippen molar-refractivity contribution in [1.82, 2.24) is 9.97 Å². The van der Waals surface area contributed by atoms with Gasteiger partial charge in [0.2, 0.25) is 5.95 Å². The number of anilines is 1. The van der Waals surface area contributed by atoms with E-state index < -0.39 is 0 Å². The third kappa shape index (κ3) is 4.63. The molecule has 1 saturated carbocycles. The zero-order valence-electron chi connectivity index (χ0n) is 14.9. The lowest BCUT2D eigenvalue weighted by atomic mass is 9.92. The molecule has 3 rings (SSSR count). The van der Waals surface area contributed by atoms with Gasteiger partial charge in [-0.15, -0.1) is 0 Å². The molecular weight excluding hydrogens is 314 g/mol. The fraction of sp³-hybridized carbons (Fsp3) is 0.450. The Kier molecular flexibility index (Phi) is 5.76. The van der Waals surface area contributed by atoms with E-state index >= 15 is 0 Å². The average molecular weight is 339 g/mol. The Morgan fingerprint density at radius 3 is 2.72 bits per heavy atom. The smallest absolute Gasteiger partial charge is 0.223 e. The van der Waals surface area contributed by atoms with Gasteiger partial charge >= 0.3 is 0 Å². The second-order valence-electron chi connectivity index (χ2n) is 6.62. The predicted molar refractivity (Wildman–Crippen MR) is 97.7 cm³/mol. The summed E-state index contributed by atoms with van der Waals surface area (Å²) in [6, 6.07) is 10.4. The molecule has 5 nitrogen and oxygen atoms in total. The van der Waals surface area contributed by atoms with Gasteiger partial charge in [-0.1, -0.05) is 43.2 Å². The quantitative estimate of drug-likeness (QED) is 0.808. The van der Waals surface area contributed by atoms with Crippen molar-refractivity contribution in [1.29, 1.82) is 0 Å². The SMILES string of the molecule is CC(=O)c1cnc(N[C@H]2CCCC[C@@H]2OCc2ccccc2)nc1C. The van der Waals surface area contributed by atoms with Crippen molar-refractivity contribution in [2.24, 2.45) is 0 Å². The summed E-state index contributed by atoms with van der Waals surface area (Å²) in [5.41, 5.74) is 2.47. The maximum atomic E-state index is 11.5. The highest BCUT2D eigenvalue weighted by atomic mass is 16.5. The molecule has 0 radical (unpaired) electrons. The molecule has 0 spiro atoms. The normalized spacial score (nSPS) is 20.2. The molecule has 0 unspecified atom stereocenters. The van der Waals surface area contributed by atoms with E-state index in [0.29, 0.717) is 23.8 Å². The fourth-order valence-electron chi connectivity index (χ4n) is 3.29. The number of hydrogen-bond donors (Lipinski definition) is 1. The van der Waals surface area contributed by atoms with Gasteiger partial charge in [0.1, 0.15) is 0 Å². The molecule has 1 aliphatic carbocycles. The van der Waals surface area contributed by atoms with Crippen molar-refractivity contribution >= 4 is 11.7 Å². The first kappa shape index (κ1) is 17.5. The first-order chi connectivity index (χ1) is 12.1. The highest BCUT2D eigenvalue weighted by Crippen LogP contribution is 2.25. The zero-order valence-corrected chi connectivity index (χ0v) is 14.9. The standard InChI is InChI=1S/C20H25N3O2/c1-14-17(15(2)24)12-21-20(22-14)23-18-10-6-7-11-19(18)25-13-16-8-4-3-5-9-16/h3-5,8-9,12,18-19H,6-7,10-11,13H2,1-2H3,(H,21,22,23)/t18-,19-/m0/s1. The summed E-state index contributed by atoms with van der Waals surface area (Å²) >= 11 is 0. The molecule has 2 atom stereocenters. The number of carbonyl (C=O) groups excluding carboxylic acids is 1. The van der Waals surface area contributed by atoms with Gasteiger partial charge in [0.25, 0.3) is 0 Å². The second kappa shape index (κ2) is 8.21. The lowest BCUT2D eigenvalue weighted by Gasteiger charge is -2.32. The lowest BCUT2D eigenvalue weighted by Crippen LogP contribution is -2.39. The Morgan fingerprint density at radius 1 is 1.24 bits per heavy atom. The topological polar surface area (TPSA) is 64.1 Å². The van der Waals surface area contributed by atoms with Crippen LogP contribution in [-0.4, -0.2) is 27.9 Å². The van der Waals surface area contributed by atoms with Gasteiger partial charge in [0, 0.05) is 6.20 Å². The molecule has 0 bridgehead atoms. The van der Waals surface area contributed by atoms with Crippen LogP contribution in [0.2, 0.25) is 0 Å². The molecular formula is C20H25N3O2. The predicted octanol–water partition coefficient (Wildman–Crippen LogP) is 3.93. The van der Waals surface area contributed by atoms with Crippen molar-refractivity contribution in [2.45, 2.75) is 58.3 Å². The lowest BCUT2D eigenvalue weighted by molar-refractivity contribution is 0.00866. The Hall–Kier alpha value is -2.27. The van der Waals surface area contributed by atoms with Gasteiger partial charge in [0.05, 0.1) is 30.0 Å². The van der Waals surface area contributed by atoms with Crippen LogP contribution in [0.25, 0.3) is 0 Å². The molecule has 0 saturated heterocycles. The van der Waals surface area contributed by atoms with Crippen molar-refractivity contribution < 1.29 is 9.53 Å². The molecule has 1 aromatic carbocycles. The van der Waals surface area contributed by atoms with E-state index in [1.54, 1.807) is 6.20 Å². The third-order valence-electron chi connectivity index (χ3n) is 4.68. The van der Waals surface area contributed by atoms with E-state index in [4.69, 9.17) is 4.74 Å². The fourth-order valence-corrected chi connectivity index (χ4v) is 3.29. The number of rotatable bonds is 6. The van der Waals surface area contributed by atoms with Gasteiger partial charge in [-0.2, -0.15) is 0 Å². The van der Waals surface area contributed by atoms with Gasteiger partial charge in [-0.05, 0) is 32.3 Å². The van der Waals surface area contributed by atoms with Crippen LogP contribution < -0.4 is 5.32 Å². The number of ketones is 1. The second-order valence-corrected chi connectivity index (χ2v) is 6.62. The summed E-state index contributed by atoms with van der Waals surface area (Å²) in [7, 11) is 0. The van der Waals surface area contributed by atoms with Crippen LogP contribution in [0.3, 0.4) is 0 Å². The van der Waals surface area contributed by atoms with Gasteiger partial charge in [-0.3, -0.25) is 4.79 Å². The number of benzene rings is 1. The summed E-state index contributed by atoms with van der Waals surface area (Å²) in [6.07, 6.45) is 6.18. The minimum Gasteiger partial charge on any atom is -0.371 e. The third-order valence-corrected chi connectivity index (χ3v) is 4.68. The summed E-state index contributed by atoms with van der Waals surface area (Å²) in [6.45, 7) is 3.99. The molecule has 5 heteroatoms. The van der Waals surface area contributed by atoms with Crippen molar-refractivity contribution in [3.8, 4) is 0 Å². The van der Waals surface area contributed by atoms with Crippen LogP contribution in [0.5, 0.6) is 0 Å². The molecule has 0 amide bonds. The first-order valence-corrected chi connectivity index (χ1v) is 8.90. The van der Waals surface area contributed by atoms with Gasteiger partial charge in [0.15, 0.2) is 5.78 Å². The molecule has 2 aromatic rings. The Morgan fingerprint density at radius 2 is 2.00 bits per heavy atom. The van der Waals surface area contributed by atoms with Crippen LogP contribution in [-0.2, 0) is 11.3 Å². The summed E-state index contributed by atoms with van der Waals surface area (Å²) < 4.78 is 6.17. The maximum absolute atomic E-state index is 11.5. The molecule has 1 N–H and O–H groups in total. The number of carbonyl (C=O) groups is 1. The molecule has 1 aliphatic rings. The highest BCUT2D eigenvalue weighted by Gasteiger charge is 2.26. The zero-order chi connectivity index (χ0) is 17.6. The highest BCUT2D eigenvalue weighted by molar-refractivity contribution is 5.94. The van der Waals surface area contributed by atoms with E-state index in [0.717, 1.165) is 12.8 Å². The van der Waals surface area contributed by atoms with Crippen molar-refractivity contribution in [3.05, 3.63) is 53.3 Å². The van der Waals surface area contributed by atoms with E-state index in [1.807, 2.05) is 25.1 Å². The molecule has 1 heterocycles. The molecule has 0 aliphatic heterocycles. The van der Waals surface area contributed by atoms with E-state index in [1.165, 1.54) is 25.3 Å². The Bertz CT molecular complexity index is 718. The monoisotopic (exact) mass is 339 g/mol. The number of ether oxygens (including phenoxy) is 1. The molecule has 25 heavy (non-hydrogen) atoms. The number of nitrogens with zero attached hydrogens (tertiary/aromatic N) is 2. The molecule has 132 valence electrons. The average Bonchev–Trinajstić information content (AvgIpc) is 2.61. The van der Waals surface area contributed by atoms with Crippen LogP contribution in [0.4, 0.5) is 5.95 Å². The Balaban J connectivity index is 1.64. The number of aryl methyl sites for hydroxylation is 1. The maximum Gasteiger partial charge on any atom is 0.223 e. The Labute approximate surface area is 148 Å². The van der Waals surface area contributed by atoms with Crippen LogP contribution in [0, 0.1) is 6.92 Å². The summed E-state index contributed by atoms with van der Waals surface area (Å²) in [5.74, 6) is 0.563. The minimum absolute atomic E-state index is 0.00853. The molecule has 1 fully saturated rings. The summed E-state index contributed by atoms with van der Waals surface area (Å²) in [4.78, 5) is 20.3. The van der Waals surface area contributed by atoms with Crippen LogP contribution >= 0.6 is 0 Å². The number of nitrogens with one attached hydrogen (secondary N) is 1. The van der Waals surface area contributed by atoms with Gasteiger partial charge in [-0.25, -0.2) is 9.97 Å². The van der Waals surface area contributed by atoms with Gasteiger partial charge < -0.3 is 10.1 Å². The number of aromatic nitrogens is 2.